The molecule has 1 aliphatic heterocycles. The van der Waals surface area contributed by atoms with Crippen LogP contribution in [0.4, 0.5) is 0 Å². The summed E-state index contributed by atoms with van der Waals surface area (Å²) in [6.07, 6.45) is 5.68. The van der Waals surface area contributed by atoms with Crippen LogP contribution in [0.25, 0.3) is 0 Å². The van der Waals surface area contributed by atoms with Gasteiger partial charge in [-0.25, -0.2) is 0 Å². The normalized spacial score (nSPS) is 20.2. The van der Waals surface area contributed by atoms with Crippen molar-refractivity contribution in [3.8, 4) is 0 Å². The van der Waals surface area contributed by atoms with Gasteiger partial charge in [-0.3, -0.25) is 9.59 Å². The lowest BCUT2D eigenvalue weighted by Gasteiger charge is -2.37. The molecule has 0 radical (unpaired) electrons. The van der Waals surface area contributed by atoms with Crippen LogP contribution in [0.2, 0.25) is 4.34 Å². The number of rotatable bonds is 2. The van der Waals surface area contributed by atoms with E-state index < -0.39 is 0 Å². The highest BCUT2D eigenvalue weighted by Gasteiger charge is 2.30. The number of nitrogens with zero attached hydrogens (tertiary/aromatic N) is 2. The molecule has 0 aromatic carbocycles. The van der Waals surface area contributed by atoms with Crippen LogP contribution in [0.1, 0.15) is 41.8 Å². The first-order valence-corrected chi connectivity index (χ1v) is 9.18. The van der Waals surface area contributed by atoms with Crippen molar-refractivity contribution in [1.82, 2.24) is 9.80 Å². The van der Waals surface area contributed by atoms with Crippen LogP contribution >= 0.6 is 22.9 Å². The summed E-state index contributed by atoms with van der Waals surface area (Å²) < 4.78 is 0.634. The van der Waals surface area contributed by atoms with Crippen LogP contribution in [-0.2, 0) is 4.79 Å². The first kappa shape index (κ1) is 15.8. The summed E-state index contributed by atoms with van der Waals surface area (Å²) >= 11 is 7.20. The van der Waals surface area contributed by atoms with Crippen molar-refractivity contribution in [3.63, 3.8) is 0 Å². The van der Waals surface area contributed by atoms with Crippen LogP contribution in [-0.4, -0.2) is 47.8 Å². The number of halogens is 1. The van der Waals surface area contributed by atoms with E-state index in [1.165, 1.54) is 30.6 Å². The van der Waals surface area contributed by atoms with Crippen molar-refractivity contribution in [2.24, 2.45) is 5.92 Å². The fraction of sp³-hybridized carbons (Fsp3) is 0.625. The number of hydrogen-bond donors (Lipinski definition) is 0. The van der Waals surface area contributed by atoms with Crippen molar-refractivity contribution in [3.05, 3.63) is 21.3 Å². The summed E-state index contributed by atoms with van der Waals surface area (Å²) in [6.45, 7) is 2.54. The van der Waals surface area contributed by atoms with Gasteiger partial charge in [-0.2, -0.15) is 0 Å². The number of amides is 2. The van der Waals surface area contributed by atoms with Crippen molar-refractivity contribution in [2.45, 2.75) is 32.1 Å². The molecule has 1 saturated heterocycles. The minimum Gasteiger partial charge on any atom is -0.339 e. The van der Waals surface area contributed by atoms with Gasteiger partial charge in [0.2, 0.25) is 5.91 Å². The summed E-state index contributed by atoms with van der Waals surface area (Å²) in [5.74, 6) is 0.541. The molecule has 2 heterocycles. The van der Waals surface area contributed by atoms with E-state index in [2.05, 4.69) is 0 Å². The SMILES string of the molecule is O=C(c1ccc(Cl)s1)N1CCN(C(=O)C2CCCCC2)CC1. The topological polar surface area (TPSA) is 40.6 Å². The molecule has 2 fully saturated rings. The van der Waals surface area contributed by atoms with Gasteiger partial charge in [0.25, 0.3) is 5.91 Å². The van der Waals surface area contributed by atoms with Crippen LogP contribution < -0.4 is 0 Å². The minimum atomic E-state index is 0.0293. The Hall–Kier alpha value is -1.07. The Kier molecular flexibility index (Phi) is 5.03. The van der Waals surface area contributed by atoms with E-state index in [4.69, 9.17) is 11.6 Å². The van der Waals surface area contributed by atoms with Crippen LogP contribution in [0.5, 0.6) is 0 Å². The zero-order valence-electron chi connectivity index (χ0n) is 12.6. The summed E-state index contributed by atoms with van der Waals surface area (Å²) in [4.78, 5) is 29.3. The molecule has 3 rings (SSSR count). The second-order valence-corrected chi connectivity index (χ2v) is 7.77. The third-order valence-corrected chi connectivity index (χ3v) is 5.84. The van der Waals surface area contributed by atoms with Crippen molar-refractivity contribution >= 4 is 34.8 Å². The van der Waals surface area contributed by atoms with Gasteiger partial charge >= 0.3 is 0 Å². The standard InChI is InChI=1S/C16H21ClN2O2S/c17-14-7-6-13(22-14)16(21)19-10-8-18(9-11-19)15(20)12-4-2-1-3-5-12/h6-7,12H,1-5,8-11H2. The molecule has 1 aromatic heterocycles. The number of carbonyl (C=O) groups excluding carboxylic acids is 2. The molecule has 0 bridgehead atoms. The largest absolute Gasteiger partial charge is 0.339 e. The maximum atomic E-state index is 12.5. The third-order valence-electron chi connectivity index (χ3n) is 4.62. The highest BCUT2D eigenvalue weighted by atomic mass is 35.5. The molecular weight excluding hydrogens is 320 g/mol. The van der Waals surface area contributed by atoms with Gasteiger partial charge in [-0.1, -0.05) is 30.9 Å². The van der Waals surface area contributed by atoms with Gasteiger partial charge in [0.15, 0.2) is 0 Å². The van der Waals surface area contributed by atoms with Crippen molar-refractivity contribution in [2.75, 3.05) is 26.2 Å². The minimum absolute atomic E-state index is 0.0293. The molecule has 0 unspecified atom stereocenters. The zero-order chi connectivity index (χ0) is 15.5. The van der Waals surface area contributed by atoms with Gasteiger partial charge < -0.3 is 9.80 Å². The van der Waals surface area contributed by atoms with Crippen molar-refractivity contribution < 1.29 is 9.59 Å². The number of carbonyl (C=O) groups is 2. The summed E-state index contributed by atoms with van der Waals surface area (Å²) in [5.41, 5.74) is 0. The van der Waals surface area contributed by atoms with E-state index in [1.807, 2.05) is 9.80 Å². The number of hydrogen-bond acceptors (Lipinski definition) is 3. The van der Waals surface area contributed by atoms with Gasteiger partial charge in [0, 0.05) is 32.1 Å². The number of piperazine rings is 1. The Labute approximate surface area is 140 Å². The lowest BCUT2D eigenvalue weighted by molar-refractivity contribution is -0.138. The molecule has 2 aliphatic rings. The van der Waals surface area contributed by atoms with Crippen LogP contribution in [0.15, 0.2) is 12.1 Å². The Morgan fingerprint density at radius 2 is 1.64 bits per heavy atom. The van der Waals surface area contributed by atoms with E-state index in [0.717, 1.165) is 12.8 Å². The Bertz CT molecular complexity index is 546. The number of thiophene rings is 1. The smallest absolute Gasteiger partial charge is 0.264 e. The molecule has 0 spiro atoms. The second kappa shape index (κ2) is 7.01. The van der Waals surface area contributed by atoms with E-state index in [1.54, 1.807) is 12.1 Å². The van der Waals surface area contributed by atoms with Gasteiger partial charge in [-0.15, -0.1) is 11.3 Å². The molecule has 2 amide bonds. The second-order valence-electron chi connectivity index (χ2n) is 6.06. The molecule has 0 N–H and O–H groups in total. The predicted molar refractivity (Wildman–Crippen MR) is 88.4 cm³/mol. The lowest BCUT2D eigenvalue weighted by atomic mass is 9.88. The predicted octanol–water partition coefficient (Wildman–Crippen LogP) is 3.27. The summed E-state index contributed by atoms with van der Waals surface area (Å²) in [7, 11) is 0. The van der Waals surface area contributed by atoms with Crippen LogP contribution in [0, 0.1) is 5.92 Å². The monoisotopic (exact) mass is 340 g/mol. The molecule has 22 heavy (non-hydrogen) atoms. The molecule has 6 heteroatoms. The molecule has 0 atom stereocenters. The molecule has 1 aliphatic carbocycles. The van der Waals surface area contributed by atoms with Gasteiger partial charge in [0.1, 0.15) is 0 Å². The lowest BCUT2D eigenvalue weighted by Crippen LogP contribution is -2.52. The maximum absolute atomic E-state index is 12.5. The molecule has 1 aromatic rings. The molecule has 1 saturated carbocycles. The van der Waals surface area contributed by atoms with Gasteiger partial charge in [-0.05, 0) is 25.0 Å². The van der Waals surface area contributed by atoms with Crippen LogP contribution in [0.3, 0.4) is 0 Å². The fourth-order valence-corrected chi connectivity index (χ4v) is 4.33. The fourth-order valence-electron chi connectivity index (χ4n) is 3.32. The zero-order valence-corrected chi connectivity index (χ0v) is 14.2. The molecular formula is C16H21ClN2O2S. The van der Waals surface area contributed by atoms with E-state index in [9.17, 15) is 9.59 Å². The Morgan fingerprint density at radius 3 is 2.23 bits per heavy atom. The first-order chi connectivity index (χ1) is 10.6. The highest BCUT2D eigenvalue weighted by Crippen LogP contribution is 2.26. The summed E-state index contributed by atoms with van der Waals surface area (Å²) in [6, 6.07) is 3.52. The average Bonchev–Trinajstić information content (AvgIpc) is 3.01. The van der Waals surface area contributed by atoms with Gasteiger partial charge in [0.05, 0.1) is 9.21 Å². The first-order valence-electron chi connectivity index (χ1n) is 7.98. The van der Waals surface area contributed by atoms with E-state index in [-0.39, 0.29) is 11.8 Å². The quantitative estimate of drug-likeness (QED) is 0.829. The summed E-state index contributed by atoms with van der Waals surface area (Å²) in [5, 5.41) is 0. The molecule has 120 valence electrons. The van der Waals surface area contributed by atoms with E-state index in [0.29, 0.717) is 41.3 Å². The third kappa shape index (κ3) is 3.46. The Morgan fingerprint density at radius 1 is 1.00 bits per heavy atom. The molecule has 4 nitrogen and oxygen atoms in total. The Balaban J connectivity index is 1.53. The van der Waals surface area contributed by atoms with Crippen molar-refractivity contribution in [1.29, 1.82) is 0 Å². The average molecular weight is 341 g/mol. The maximum Gasteiger partial charge on any atom is 0.264 e. The van der Waals surface area contributed by atoms with E-state index >= 15 is 0 Å². The highest BCUT2D eigenvalue weighted by molar-refractivity contribution is 7.17.